The van der Waals surface area contributed by atoms with E-state index in [0.717, 1.165) is 40.0 Å². The molecule has 0 saturated heterocycles. The van der Waals surface area contributed by atoms with E-state index in [1.54, 1.807) is 0 Å². The molecule has 0 saturated carbocycles. The van der Waals surface area contributed by atoms with Gasteiger partial charge in [-0.2, -0.15) is 0 Å². The molecule has 2 aromatic carbocycles. The number of benzene rings is 2. The predicted molar refractivity (Wildman–Crippen MR) is 106 cm³/mol. The fourth-order valence-electron chi connectivity index (χ4n) is 2.85. The van der Waals surface area contributed by atoms with E-state index in [1.165, 1.54) is 0 Å². The minimum Gasteiger partial charge on any atom is -0.493 e. The van der Waals surface area contributed by atoms with Crippen molar-refractivity contribution in [2.45, 2.75) is 26.3 Å². The summed E-state index contributed by atoms with van der Waals surface area (Å²) in [4.78, 5) is 16.5. The van der Waals surface area contributed by atoms with Crippen LogP contribution in [-0.2, 0) is 11.3 Å². The van der Waals surface area contributed by atoms with Crippen molar-refractivity contribution in [2.75, 3.05) is 13.2 Å². The van der Waals surface area contributed by atoms with Crippen LogP contribution in [0.1, 0.15) is 18.7 Å². The average Bonchev–Trinajstić information content (AvgIpc) is 2.94. The second-order valence-electron chi connectivity index (χ2n) is 6.06. The molecule has 3 rings (SSSR count). The van der Waals surface area contributed by atoms with E-state index in [9.17, 15) is 4.79 Å². The van der Waals surface area contributed by atoms with Crippen LogP contribution in [0.2, 0.25) is 0 Å². The van der Waals surface area contributed by atoms with E-state index >= 15 is 0 Å². The summed E-state index contributed by atoms with van der Waals surface area (Å²) in [6, 6.07) is 15.7. The third-order valence-corrected chi connectivity index (χ3v) is 4.61. The number of aromatic nitrogens is 2. The summed E-state index contributed by atoms with van der Waals surface area (Å²) in [5.74, 6) is 1.77. The van der Waals surface area contributed by atoms with Gasteiger partial charge in [0.2, 0.25) is 5.91 Å². The molecule has 0 radical (unpaired) electrons. The fourth-order valence-corrected chi connectivity index (χ4v) is 3.23. The predicted octanol–water partition coefficient (Wildman–Crippen LogP) is 4.08. The van der Waals surface area contributed by atoms with Crippen molar-refractivity contribution < 1.29 is 9.53 Å². The minimum atomic E-state index is 0.00667. The van der Waals surface area contributed by atoms with Gasteiger partial charge in [-0.3, -0.25) is 4.79 Å². The van der Waals surface area contributed by atoms with Crippen LogP contribution < -0.4 is 10.1 Å². The number of hydrogen-bond acceptors (Lipinski definition) is 3. The number of hydrogen-bond donors (Lipinski definition) is 1. The maximum Gasteiger partial charge on any atom is 0.223 e. The summed E-state index contributed by atoms with van der Waals surface area (Å²) in [6.07, 6.45) is 1.21. The van der Waals surface area contributed by atoms with Gasteiger partial charge in [-0.1, -0.05) is 34.1 Å². The Hall–Kier alpha value is -2.34. The largest absolute Gasteiger partial charge is 0.493 e. The van der Waals surface area contributed by atoms with Crippen molar-refractivity contribution in [3.8, 4) is 5.75 Å². The number of carbonyl (C=O) groups is 1. The first-order valence-electron chi connectivity index (χ1n) is 8.70. The van der Waals surface area contributed by atoms with Crippen LogP contribution in [0.25, 0.3) is 11.0 Å². The monoisotopic (exact) mass is 415 g/mol. The molecule has 0 spiro atoms. The summed E-state index contributed by atoms with van der Waals surface area (Å²) >= 11 is 3.40. The molecule has 1 amide bonds. The summed E-state index contributed by atoms with van der Waals surface area (Å²) in [6.45, 7) is 3.86. The second-order valence-corrected chi connectivity index (χ2v) is 6.97. The van der Waals surface area contributed by atoms with Gasteiger partial charge in [-0.15, -0.1) is 0 Å². The average molecular weight is 416 g/mol. The number of aryl methyl sites for hydroxylation is 2. The van der Waals surface area contributed by atoms with Crippen LogP contribution in [-0.4, -0.2) is 28.6 Å². The van der Waals surface area contributed by atoms with Gasteiger partial charge in [0.15, 0.2) is 0 Å². The maximum absolute atomic E-state index is 11.9. The Morgan fingerprint density at radius 1 is 1.23 bits per heavy atom. The molecule has 0 aliphatic carbocycles. The van der Waals surface area contributed by atoms with Gasteiger partial charge in [0.05, 0.1) is 24.1 Å². The van der Waals surface area contributed by atoms with Crippen molar-refractivity contribution in [1.82, 2.24) is 14.9 Å². The van der Waals surface area contributed by atoms with Crippen LogP contribution in [0.3, 0.4) is 0 Å². The molecular formula is C20H22BrN3O2. The summed E-state index contributed by atoms with van der Waals surface area (Å²) < 4.78 is 8.74. The molecule has 1 heterocycles. The van der Waals surface area contributed by atoms with Gasteiger partial charge >= 0.3 is 0 Å². The molecule has 0 aliphatic rings. The van der Waals surface area contributed by atoms with Crippen molar-refractivity contribution in [3.05, 3.63) is 58.8 Å². The third-order valence-electron chi connectivity index (χ3n) is 4.12. The number of ether oxygens (including phenoxy) is 1. The molecule has 0 aliphatic heterocycles. The van der Waals surface area contributed by atoms with Gasteiger partial charge in [-0.05, 0) is 43.7 Å². The first kappa shape index (κ1) is 18.5. The zero-order chi connectivity index (χ0) is 18.4. The molecule has 1 N–H and O–H groups in total. The highest BCUT2D eigenvalue weighted by molar-refractivity contribution is 9.10. The highest BCUT2D eigenvalue weighted by atomic mass is 79.9. The molecule has 1 aromatic heterocycles. The van der Waals surface area contributed by atoms with E-state index in [1.807, 2.05) is 49.4 Å². The first-order chi connectivity index (χ1) is 12.6. The number of nitrogens with zero attached hydrogens (tertiary/aromatic N) is 2. The Morgan fingerprint density at radius 3 is 2.92 bits per heavy atom. The summed E-state index contributed by atoms with van der Waals surface area (Å²) in [5.41, 5.74) is 2.15. The number of nitrogens with one attached hydrogen (secondary N) is 1. The van der Waals surface area contributed by atoms with Crippen LogP contribution >= 0.6 is 15.9 Å². The lowest BCUT2D eigenvalue weighted by molar-refractivity contribution is -0.121. The Balaban J connectivity index is 1.38. The van der Waals surface area contributed by atoms with Gasteiger partial charge in [0, 0.05) is 17.6 Å². The lowest BCUT2D eigenvalue weighted by Crippen LogP contribution is -2.26. The molecule has 5 nitrogen and oxygen atoms in total. The summed E-state index contributed by atoms with van der Waals surface area (Å²) in [7, 11) is 0. The normalized spacial score (nSPS) is 10.8. The van der Waals surface area contributed by atoms with E-state index in [2.05, 4.69) is 36.9 Å². The Bertz CT molecular complexity index is 892. The highest BCUT2D eigenvalue weighted by Crippen LogP contribution is 2.18. The number of carbonyl (C=O) groups excluding carboxylic acids is 1. The minimum absolute atomic E-state index is 0.00667. The zero-order valence-corrected chi connectivity index (χ0v) is 16.3. The van der Waals surface area contributed by atoms with Gasteiger partial charge < -0.3 is 14.6 Å². The highest BCUT2D eigenvalue weighted by Gasteiger charge is 2.07. The summed E-state index contributed by atoms with van der Waals surface area (Å²) in [5, 5.41) is 2.95. The van der Waals surface area contributed by atoms with Crippen LogP contribution in [0, 0.1) is 6.92 Å². The molecule has 6 heteroatoms. The molecule has 3 aromatic rings. The van der Waals surface area contributed by atoms with Gasteiger partial charge in [0.25, 0.3) is 0 Å². The molecular weight excluding hydrogens is 394 g/mol. The fraction of sp³-hybridized carbons (Fsp3) is 0.300. The van der Waals surface area contributed by atoms with E-state index < -0.39 is 0 Å². The number of halogens is 1. The Labute approximate surface area is 161 Å². The molecule has 0 bridgehead atoms. The van der Waals surface area contributed by atoms with Gasteiger partial charge in [0.1, 0.15) is 11.6 Å². The standard InChI is InChI=1S/C20H22BrN3O2/c1-15-23-18-8-2-3-9-19(18)24(15)12-5-11-22-20(25)10-13-26-17-7-4-6-16(21)14-17/h2-4,6-9,14H,5,10-13H2,1H3,(H,22,25). The smallest absolute Gasteiger partial charge is 0.223 e. The Kier molecular flexibility index (Phi) is 6.28. The quantitative estimate of drug-likeness (QED) is 0.563. The number of amides is 1. The van der Waals surface area contributed by atoms with Crippen LogP contribution in [0.15, 0.2) is 53.0 Å². The molecule has 0 unspecified atom stereocenters. The van der Waals surface area contributed by atoms with Crippen LogP contribution in [0.5, 0.6) is 5.75 Å². The van der Waals surface area contributed by atoms with Crippen molar-refractivity contribution in [3.63, 3.8) is 0 Å². The maximum atomic E-state index is 11.9. The molecule has 0 atom stereocenters. The van der Waals surface area contributed by atoms with Crippen molar-refractivity contribution >= 4 is 32.9 Å². The number of fused-ring (bicyclic) bond motifs is 1. The molecule has 136 valence electrons. The Morgan fingerprint density at radius 2 is 2.08 bits per heavy atom. The van der Waals surface area contributed by atoms with Crippen molar-refractivity contribution in [1.29, 1.82) is 0 Å². The number of imidazole rings is 1. The van der Waals surface area contributed by atoms with E-state index in [-0.39, 0.29) is 5.91 Å². The van der Waals surface area contributed by atoms with E-state index in [0.29, 0.717) is 19.6 Å². The number of rotatable bonds is 8. The third kappa shape index (κ3) is 4.85. The first-order valence-corrected chi connectivity index (χ1v) is 9.50. The zero-order valence-electron chi connectivity index (χ0n) is 14.7. The van der Waals surface area contributed by atoms with Crippen molar-refractivity contribution in [2.24, 2.45) is 0 Å². The lowest BCUT2D eigenvalue weighted by atomic mass is 10.3. The van der Waals surface area contributed by atoms with Gasteiger partial charge in [-0.25, -0.2) is 4.98 Å². The topological polar surface area (TPSA) is 56.2 Å². The SMILES string of the molecule is Cc1nc2ccccc2n1CCCNC(=O)CCOc1cccc(Br)c1. The van der Waals surface area contributed by atoms with E-state index in [4.69, 9.17) is 4.74 Å². The van der Waals surface area contributed by atoms with Crippen LogP contribution in [0.4, 0.5) is 0 Å². The molecule has 26 heavy (non-hydrogen) atoms. The number of para-hydroxylation sites is 2. The molecule has 0 fully saturated rings. The lowest BCUT2D eigenvalue weighted by Gasteiger charge is -2.09. The second kappa shape index (κ2) is 8.85.